The summed E-state index contributed by atoms with van der Waals surface area (Å²) in [6.45, 7) is 3.12. The van der Waals surface area contributed by atoms with Gasteiger partial charge in [-0.3, -0.25) is 4.79 Å². The van der Waals surface area contributed by atoms with Crippen LogP contribution >= 0.6 is 0 Å². The van der Waals surface area contributed by atoms with Crippen LogP contribution in [0.4, 0.5) is 0 Å². The molecule has 1 atom stereocenters. The second kappa shape index (κ2) is 8.53. The molecular formula is C15H24N2O2. The molecule has 0 spiro atoms. The van der Waals surface area contributed by atoms with Gasteiger partial charge in [0, 0.05) is 7.05 Å². The molecule has 0 aliphatic carbocycles. The summed E-state index contributed by atoms with van der Waals surface area (Å²) in [5.41, 5.74) is 5.86. The van der Waals surface area contributed by atoms with Gasteiger partial charge in [0.1, 0.15) is 12.4 Å². The zero-order chi connectivity index (χ0) is 14.1. The molecule has 1 aromatic rings. The highest BCUT2D eigenvalue weighted by molar-refractivity contribution is 5.81. The van der Waals surface area contributed by atoms with Crippen molar-refractivity contribution in [2.75, 3.05) is 20.2 Å². The largest absolute Gasteiger partial charge is 0.492 e. The first-order chi connectivity index (χ1) is 9.15. The Bertz CT molecular complexity index is 368. The summed E-state index contributed by atoms with van der Waals surface area (Å²) in [5.74, 6) is 0.809. The molecule has 19 heavy (non-hydrogen) atoms. The van der Waals surface area contributed by atoms with Crippen molar-refractivity contribution in [1.82, 2.24) is 4.90 Å². The summed E-state index contributed by atoms with van der Waals surface area (Å²) >= 11 is 0. The van der Waals surface area contributed by atoms with Crippen LogP contribution in [0.2, 0.25) is 0 Å². The van der Waals surface area contributed by atoms with E-state index in [2.05, 4.69) is 6.92 Å². The Morgan fingerprint density at radius 1 is 1.37 bits per heavy atom. The highest BCUT2D eigenvalue weighted by atomic mass is 16.5. The number of nitrogens with zero attached hydrogens (tertiary/aromatic N) is 1. The van der Waals surface area contributed by atoms with Gasteiger partial charge in [0.25, 0.3) is 0 Å². The van der Waals surface area contributed by atoms with E-state index in [0.717, 1.165) is 25.0 Å². The maximum Gasteiger partial charge on any atom is 0.239 e. The monoisotopic (exact) mass is 264 g/mol. The van der Waals surface area contributed by atoms with E-state index in [-0.39, 0.29) is 11.9 Å². The standard InChI is InChI=1S/C15H24N2O2/c1-3-4-10-14(16)15(18)17(2)11-12-19-13-8-6-5-7-9-13/h5-9,14H,3-4,10-12,16H2,1-2H3/t14-/m0/s1. The van der Waals surface area contributed by atoms with Gasteiger partial charge in [-0.2, -0.15) is 0 Å². The van der Waals surface area contributed by atoms with Crippen molar-refractivity contribution in [2.45, 2.75) is 32.2 Å². The number of nitrogens with two attached hydrogens (primary N) is 1. The predicted octanol–water partition coefficient (Wildman–Crippen LogP) is 2.04. The highest BCUT2D eigenvalue weighted by Crippen LogP contribution is 2.08. The van der Waals surface area contributed by atoms with Gasteiger partial charge < -0.3 is 15.4 Å². The fourth-order valence-electron chi connectivity index (χ4n) is 1.76. The molecule has 0 aromatic heterocycles. The number of rotatable bonds is 8. The first-order valence-corrected chi connectivity index (χ1v) is 6.83. The number of amides is 1. The van der Waals surface area contributed by atoms with Gasteiger partial charge in [0.15, 0.2) is 0 Å². The number of carbonyl (C=O) groups is 1. The van der Waals surface area contributed by atoms with Crippen LogP contribution in [0.1, 0.15) is 26.2 Å². The molecule has 4 heteroatoms. The normalized spacial score (nSPS) is 11.9. The van der Waals surface area contributed by atoms with Crippen LogP contribution in [0.25, 0.3) is 0 Å². The van der Waals surface area contributed by atoms with Gasteiger partial charge in [-0.15, -0.1) is 0 Å². The first kappa shape index (κ1) is 15.5. The lowest BCUT2D eigenvalue weighted by atomic mass is 10.1. The Kier molecular flexibility index (Phi) is 6.97. The molecule has 0 unspecified atom stereocenters. The molecule has 0 saturated heterocycles. The third-order valence-electron chi connectivity index (χ3n) is 3.00. The quantitative estimate of drug-likeness (QED) is 0.781. The van der Waals surface area contributed by atoms with Crippen LogP contribution < -0.4 is 10.5 Å². The Hall–Kier alpha value is -1.55. The Labute approximate surface area is 115 Å². The van der Waals surface area contributed by atoms with Crippen LogP contribution in [0.5, 0.6) is 5.75 Å². The summed E-state index contributed by atoms with van der Waals surface area (Å²) < 4.78 is 5.55. The van der Waals surface area contributed by atoms with Crippen molar-refractivity contribution in [1.29, 1.82) is 0 Å². The summed E-state index contributed by atoms with van der Waals surface area (Å²) in [4.78, 5) is 13.6. The van der Waals surface area contributed by atoms with Crippen molar-refractivity contribution in [3.8, 4) is 5.75 Å². The molecule has 2 N–H and O–H groups in total. The molecule has 106 valence electrons. The minimum Gasteiger partial charge on any atom is -0.492 e. The van der Waals surface area contributed by atoms with E-state index in [0.29, 0.717) is 13.2 Å². The van der Waals surface area contributed by atoms with Crippen molar-refractivity contribution in [3.63, 3.8) is 0 Å². The van der Waals surface area contributed by atoms with Crippen molar-refractivity contribution in [3.05, 3.63) is 30.3 Å². The Morgan fingerprint density at radius 3 is 2.68 bits per heavy atom. The summed E-state index contributed by atoms with van der Waals surface area (Å²) in [7, 11) is 1.77. The van der Waals surface area contributed by atoms with E-state index in [1.165, 1.54) is 0 Å². The minimum absolute atomic E-state index is 0.00916. The zero-order valence-electron chi connectivity index (χ0n) is 11.8. The van der Waals surface area contributed by atoms with Crippen LogP contribution in [0.3, 0.4) is 0 Å². The minimum atomic E-state index is -0.387. The molecule has 0 aliphatic heterocycles. The Morgan fingerprint density at radius 2 is 2.05 bits per heavy atom. The molecule has 0 aliphatic rings. The van der Waals surface area contributed by atoms with E-state index >= 15 is 0 Å². The fourth-order valence-corrected chi connectivity index (χ4v) is 1.76. The van der Waals surface area contributed by atoms with Crippen LogP contribution in [-0.4, -0.2) is 37.0 Å². The van der Waals surface area contributed by atoms with E-state index in [9.17, 15) is 4.79 Å². The lowest BCUT2D eigenvalue weighted by Crippen LogP contribution is -2.43. The van der Waals surface area contributed by atoms with Crippen molar-refractivity contribution < 1.29 is 9.53 Å². The maximum atomic E-state index is 11.9. The molecule has 4 nitrogen and oxygen atoms in total. The zero-order valence-corrected chi connectivity index (χ0v) is 11.8. The molecule has 1 rings (SSSR count). The topological polar surface area (TPSA) is 55.6 Å². The number of carbonyl (C=O) groups excluding carboxylic acids is 1. The third-order valence-corrected chi connectivity index (χ3v) is 3.00. The molecule has 1 amide bonds. The molecular weight excluding hydrogens is 240 g/mol. The van der Waals surface area contributed by atoms with E-state index in [1.54, 1.807) is 11.9 Å². The maximum absolute atomic E-state index is 11.9. The van der Waals surface area contributed by atoms with Crippen LogP contribution in [0, 0.1) is 0 Å². The van der Waals surface area contributed by atoms with Gasteiger partial charge in [0.05, 0.1) is 12.6 Å². The van der Waals surface area contributed by atoms with Gasteiger partial charge in [0.2, 0.25) is 5.91 Å². The third kappa shape index (κ3) is 5.75. The first-order valence-electron chi connectivity index (χ1n) is 6.83. The Balaban J connectivity index is 2.26. The number of ether oxygens (including phenoxy) is 1. The van der Waals surface area contributed by atoms with Gasteiger partial charge >= 0.3 is 0 Å². The lowest BCUT2D eigenvalue weighted by molar-refractivity contribution is -0.131. The molecule has 0 fully saturated rings. The molecule has 1 aromatic carbocycles. The lowest BCUT2D eigenvalue weighted by Gasteiger charge is -2.21. The second-order valence-electron chi connectivity index (χ2n) is 4.67. The molecule has 0 bridgehead atoms. The van der Waals surface area contributed by atoms with Crippen LogP contribution in [-0.2, 0) is 4.79 Å². The smallest absolute Gasteiger partial charge is 0.239 e. The van der Waals surface area contributed by atoms with Crippen molar-refractivity contribution in [2.24, 2.45) is 5.73 Å². The second-order valence-corrected chi connectivity index (χ2v) is 4.67. The summed E-state index contributed by atoms with van der Waals surface area (Å²) in [6.07, 6.45) is 2.79. The summed E-state index contributed by atoms with van der Waals surface area (Å²) in [5, 5.41) is 0. The number of hydrogen-bond acceptors (Lipinski definition) is 3. The van der Waals surface area contributed by atoms with Crippen LogP contribution in [0.15, 0.2) is 30.3 Å². The number of likely N-dealkylation sites (N-methyl/N-ethyl adjacent to an activating group) is 1. The highest BCUT2D eigenvalue weighted by Gasteiger charge is 2.16. The average Bonchev–Trinajstić information content (AvgIpc) is 2.44. The van der Waals surface area contributed by atoms with Crippen molar-refractivity contribution >= 4 is 5.91 Å². The number of benzene rings is 1. The van der Waals surface area contributed by atoms with E-state index in [1.807, 2.05) is 30.3 Å². The van der Waals surface area contributed by atoms with E-state index < -0.39 is 0 Å². The molecule has 0 heterocycles. The SMILES string of the molecule is CCCC[C@H](N)C(=O)N(C)CCOc1ccccc1. The predicted molar refractivity (Wildman–Crippen MR) is 77.1 cm³/mol. The average molecular weight is 264 g/mol. The number of unbranched alkanes of at least 4 members (excludes halogenated alkanes) is 1. The fraction of sp³-hybridized carbons (Fsp3) is 0.533. The van der Waals surface area contributed by atoms with E-state index in [4.69, 9.17) is 10.5 Å². The number of para-hydroxylation sites is 1. The summed E-state index contributed by atoms with van der Waals surface area (Å²) in [6, 6.07) is 9.19. The number of hydrogen-bond donors (Lipinski definition) is 1. The van der Waals surface area contributed by atoms with Gasteiger partial charge in [-0.25, -0.2) is 0 Å². The van der Waals surface area contributed by atoms with Gasteiger partial charge in [-0.05, 0) is 18.6 Å². The molecule has 0 radical (unpaired) electrons. The molecule has 0 saturated carbocycles. The van der Waals surface area contributed by atoms with Gasteiger partial charge in [-0.1, -0.05) is 38.0 Å².